The van der Waals surface area contributed by atoms with Crippen LogP contribution in [0.1, 0.15) is 43.7 Å². The summed E-state index contributed by atoms with van der Waals surface area (Å²) >= 11 is 6.53. The van der Waals surface area contributed by atoms with Gasteiger partial charge in [-0.3, -0.25) is 9.69 Å². The van der Waals surface area contributed by atoms with Gasteiger partial charge in [0.25, 0.3) is 0 Å². The molecular weight excluding hydrogens is 466 g/mol. The minimum atomic E-state index is -0.0683. The van der Waals surface area contributed by atoms with Crippen molar-refractivity contribution in [1.82, 2.24) is 9.80 Å². The van der Waals surface area contributed by atoms with E-state index >= 15 is 0 Å². The number of carbonyl (C=O) groups is 2. The third-order valence-corrected chi connectivity index (χ3v) is 6.46. The Morgan fingerprint density at radius 1 is 1.09 bits per heavy atom. The van der Waals surface area contributed by atoms with Crippen molar-refractivity contribution in [2.75, 3.05) is 45.8 Å². The molecule has 3 rings (SSSR count). The number of hydrogen-bond acceptors (Lipinski definition) is 4. The molecule has 0 saturated carbocycles. The summed E-state index contributed by atoms with van der Waals surface area (Å²) < 4.78 is 11.4. The molecule has 0 bridgehead atoms. The fourth-order valence-electron chi connectivity index (χ4n) is 4.02. The van der Waals surface area contributed by atoms with E-state index in [1.165, 1.54) is 0 Å². The van der Waals surface area contributed by atoms with Gasteiger partial charge in [0.15, 0.2) is 11.5 Å². The first kappa shape index (κ1) is 26.7. The van der Waals surface area contributed by atoms with Crippen LogP contribution in [0.15, 0.2) is 36.4 Å². The Hall–Kier alpha value is -2.93. The highest BCUT2D eigenvalue weighted by Gasteiger charge is 2.28. The molecule has 0 aliphatic carbocycles. The lowest BCUT2D eigenvalue weighted by Gasteiger charge is -2.36. The van der Waals surface area contributed by atoms with Gasteiger partial charge < -0.3 is 19.3 Å². The van der Waals surface area contributed by atoms with E-state index < -0.39 is 0 Å². The smallest absolute Gasteiger partial charge is 0.324 e. The van der Waals surface area contributed by atoms with Gasteiger partial charge in [-0.25, -0.2) is 4.79 Å². The van der Waals surface area contributed by atoms with E-state index in [0.29, 0.717) is 49.2 Å². The Kier molecular flexibility index (Phi) is 9.66. The predicted molar refractivity (Wildman–Crippen MR) is 140 cm³/mol. The SMILES string of the molecule is CCCCCOc1cc(N2CCCN(Cc3ccc(CC(=O)N(C)C)cc3Cl)C2=O)ccc1OC. The molecule has 190 valence electrons. The highest BCUT2D eigenvalue weighted by molar-refractivity contribution is 6.31. The molecule has 1 fully saturated rings. The zero-order valence-corrected chi connectivity index (χ0v) is 21.9. The maximum absolute atomic E-state index is 13.4. The number of amides is 3. The van der Waals surface area contributed by atoms with E-state index in [1.54, 1.807) is 35.9 Å². The Bertz CT molecular complexity index is 1030. The van der Waals surface area contributed by atoms with Crippen LogP contribution in [0, 0.1) is 0 Å². The van der Waals surface area contributed by atoms with Crippen LogP contribution in [0.5, 0.6) is 11.5 Å². The first-order chi connectivity index (χ1) is 16.8. The third kappa shape index (κ3) is 7.04. The van der Waals surface area contributed by atoms with Gasteiger partial charge in [0, 0.05) is 50.5 Å². The summed E-state index contributed by atoms with van der Waals surface area (Å²) in [5, 5.41) is 0.561. The second-order valence-corrected chi connectivity index (χ2v) is 9.40. The van der Waals surface area contributed by atoms with Gasteiger partial charge >= 0.3 is 6.03 Å². The van der Waals surface area contributed by atoms with Crippen LogP contribution in [-0.2, 0) is 17.8 Å². The number of carbonyl (C=O) groups excluding carboxylic acids is 2. The number of nitrogens with zero attached hydrogens (tertiary/aromatic N) is 3. The zero-order chi connectivity index (χ0) is 25.4. The molecule has 0 N–H and O–H groups in total. The number of methoxy groups -OCH3 is 1. The number of ether oxygens (including phenoxy) is 2. The summed E-state index contributed by atoms with van der Waals surface area (Å²) in [6.45, 7) is 4.47. The largest absolute Gasteiger partial charge is 0.493 e. The van der Waals surface area contributed by atoms with Crippen molar-refractivity contribution in [3.8, 4) is 11.5 Å². The lowest BCUT2D eigenvalue weighted by atomic mass is 10.1. The summed E-state index contributed by atoms with van der Waals surface area (Å²) in [6.07, 6.45) is 4.35. The molecule has 0 atom stereocenters. The first-order valence-corrected chi connectivity index (χ1v) is 12.6. The highest BCUT2D eigenvalue weighted by Crippen LogP contribution is 2.33. The summed E-state index contributed by atoms with van der Waals surface area (Å²) in [7, 11) is 5.08. The predicted octanol–water partition coefficient (Wildman–Crippen LogP) is 5.38. The minimum Gasteiger partial charge on any atom is -0.493 e. The number of likely N-dealkylation sites (N-methyl/N-ethyl adjacent to an activating group) is 1. The van der Waals surface area contributed by atoms with E-state index in [1.807, 2.05) is 36.4 Å². The van der Waals surface area contributed by atoms with Gasteiger partial charge in [-0.1, -0.05) is 43.5 Å². The van der Waals surface area contributed by atoms with Crippen molar-refractivity contribution in [2.45, 2.75) is 45.6 Å². The Morgan fingerprint density at radius 3 is 2.57 bits per heavy atom. The summed E-state index contributed by atoms with van der Waals surface area (Å²) in [5.74, 6) is 1.33. The number of rotatable bonds is 11. The van der Waals surface area contributed by atoms with Crippen molar-refractivity contribution in [1.29, 1.82) is 0 Å². The number of halogens is 1. The maximum Gasteiger partial charge on any atom is 0.324 e. The molecule has 8 heteroatoms. The van der Waals surface area contributed by atoms with Gasteiger partial charge in [-0.15, -0.1) is 0 Å². The molecular formula is C27H36ClN3O4. The fraction of sp³-hybridized carbons (Fsp3) is 0.481. The fourth-order valence-corrected chi connectivity index (χ4v) is 4.28. The summed E-state index contributed by atoms with van der Waals surface area (Å²) in [4.78, 5) is 30.5. The normalized spacial score (nSPS) is 13.7. The number of urea groups is 1. The Balaban J connectivity index is 1.71. The van der Waals surface area contributed by atoms with E-state index in [-0.39, 0.29) is 11.9 Å². The van der Waals surface area contributed by atoms with Crippen LogP contribution < -0.4 is 14.4 Å². The molecule has 35 heavy (non-hydrogen) atoms. The molecule has 1 saturated heterocycles. The number of hydrogen-bond donors (Lipinski definition) is 0. The van der Waals surface area contributed by atoms with Gasteiger partial charge in [0.05, 0.1) is 20.1 Å². The van der Waals surface area contributed by atoms with Crippen LogP contribution >= 0.6 is 11.6 Å². The minimum absolute atomic E-state index is 0.0175. The topological polar surface area (TPSA) is 62.3 Å². The monoisotopic (exact) mass is 501 g/mol. The molecule has 7 nitrogen and oxygen atoms in total. The Labute approximate surface area is 213 Å². The van der Waals surface area contributed by atoms with Gasteiger partial charge in [-0.05, 0) is 42.2 Å². The van der Waals surface area contributed by atoms with E-state index in [4.69, 9.17) is 21.1 Å². The van der Waals surface area contributed by atoms with E-state index in [0.717, 1.165) is 42.5 Å². The average Bonchev–Trinajstić information content (AvgIpc) is 2.84. The van der Waals surface area contributed by atoms with Crippen LogP contribution in [0.4, 0.5) is 10.5 Å². The van der Waals surface area contributed by atoms with E-state index in [2.05, 4.69) is 6.92 Å². The molecule has 0 aromatic heterocycles. The quantitative estimate of drug-likeness (QED) is 0.388. The van der Waals surface area contributed by atoms with Gasteiger partial charge in [0.2, 0.25) is 5.91 Å². The molecule has 2 aromatic rings. The molecule has 0 spiro atoms. The standard InChI is InChI=1S/C27H36ClN3O4/c1-5-6-7-15-35-25-18-22(11-12-24(25)34-4)31-14-8-13-30(27(31)33)19-21-10-9-20(16-23(21)28)17-26(32)29(2)3/h9-12,16,18H,5-8,13-15,17,19H2,1-4H3. The third-order valence-electron chi connectivity index (χ3n) is 6.11. The molecule has 0 radical (unpaired) electrons. The summed E-state index contributed by atoms with van der Waals surface area (Å²) in [6, 6.07) is 11.2. The van der Waals surface area contributed by atoms with Crippen LogP contribution in [0.2, 0.25) is 5.02 Å². The number of anilines is 1. The van der Waals surface area contributed by atoms with Gasteiger partial charge in [-0.2, -0.15) is 0 Å². The second kappa shape index (κ2) is 12.7. The zero-order valence-electron chi connectivity index (χ0n) is 21.2. The highest BCUT2D eigenvalue weighted by atomic mass is 35.5. The second-order valence-electron chi connectivity index (χ2n) is 8.99. The molecule has 1 aliphatic rings. The number of unbranched alkanes of at least 4 members (excludes halogenated alkanes) is 2. The average molecular weight is 502 g/mol. The van der Waals surface area contributed by atoms with Crippen LogP contribution in [0.25, 0.3) is 0 Å². The lowest BCUT2D eigenvalue weighted by Crippen LogP contribution is -2.49. The van der Waals surface area contributed by atoms with Crippen molar-refractivity contribution >= 4 is 29.2 Å². The summed E-state index contributed by atoms with van der Waals surface area (Å²) in [5.41, 5.74) is 2.50. The van der Waals surface area contributed by atoms with Crippen LogP contribution in [0.3, 0.4) is 0 Å². The van der Waals surface area contributed by atoms with Crippen LogP contribution in [-0.4, -0.2) is 62.6 Å². The van der Waals surface area contributed by atoms with Crippen molar-refractivity contribution in [3.63, 3.8) is 0 Å². The van der Waals surface area contributed by atoms with Gasteiger partial charge in [0.1, 0.15) is 0 Å². The molecule has 1 heterocycles. The first-order valence-electron chi connectivity index (χ1n) is 12.2. The lowest BCUT2D eigenvalue weighted by molar-refractivity contribution is -0.127. The Morgan fingerprint density at radius 2 is 1.89 bits per heavy atom. The number of benzene rings is 2. The molecule has 1 aliphatic heterocycles. The van der Waals surface area contributed by atoms with E-state index in [9.17, 15) is 9.59 Å². The van der Waals surface area contributed by atoms with Crippen molar-refractivity contribution < 1.29 is 19.1 Å². The molecule has 2 aromatic carbocycles. The molecule has 3 amide bonds. The maximum atomic E-state index is 13.4. The van der Waals surface area contributed by atoms with Crippen molar-refractivity contribution in [3.05, 3.63) is 52.5 Å². The van der Waals surface area contributed by atoms with Crippen molar-refractivity contribution in [2.24, 2.45) is 0 Å². The molecule has 0 unspecified atom stereocenters.